The molecule has 9 nitrogen and oxygen atoms in total. The van der Waals surface area contributed by atoms with Crippen molar-refractivity contribution < 1.29 is 37.3 Å². The van der Waals surface area contributed by atoms with Crippen molar-refractivity contribution in [3.63, 3.8) is 0 Å². The van der Waals surface area contributed by atoms with Gasteiger partial charge in [-0.1, -0.05) is 212 Å². The molecule has 3 atom stereocenters. The van der Waals surface area contributed by atoms with Gasteiger partial charge < -0.3 is 19.4 Å². The number of quaternary nitrogens is 1. The van der Waals surface area contributed by atoms with Crippen LogP contribution in [0.2, 0.25) is 0 Å². The Labute approximate surface area is 453 Å². The van der Waals surface area contributed by atoms with Crippen molar-refractivity contribution in [2.75, 3.05) is 40.9 Å². The Hall–Kier alpha value is -4.11. The molecule has 0 saturated carbocycles. The number of phosphoric ester groups is 1. The summed E-state index contributed by atoms with van der Waals surface area (Å²) in [5, 5.41) is 2.98. The topological polar surface area (TPSA) is 111 Å². The normalized spacial score (nSPS) is 14.9. The molecule has 74 heavy (non-hydrogen) atoms. The van der Waals surface area contributed by atoms with Gasteiger partial charge in [0.2, 0.25) is 5.91 Å². The fraction of sp³-hybridized carbons (Fsp3) is 0.594. The molecule has 0 aromatic carbocycles. The third kappa shape index (κ3) is 52.7. The monoisotopic (exact) mass is 1050 g/mol. The van der Waals surface area contributed by atoms with Gasteiger partial charge in [-0.05, 0) is 115 Å². The molecular weight excluding hydrogens is 940 g/mol. The molecule has 0 spiro atoms. The van der Waals surface area contributed by atoms with Gasteiger partial charge >= 0.3 is 13.8 Å². The number of unbranched alkanes of at least 4 members (excludes halogenated alkanes) is 11. The molecule has 0 bridgehead atoms. The van der Waals surface area contributed by atoms with Gasteiger partial charge in [-0.15, -0.1) is 0 Å². The summed E-state index contributed by atoms with van der Waals surface area (Å²) in [4.78, 5) is 37.5. The molecular formula is C64H106N2O7P+. The van der Waals surface area contributed by atoms with Crippen LogP contribution in [0.1, 0.15) is 194 Å². The van der Waals surface area contributed by atoms with Gasteiger partial charge in [0.1, 0.15) is 19.3 Å². The molecule has 418 valence electrons. The maximum Gasteiger partial charge on any atom is 0.472 e. The van der Waals surface area contributed by atoms with E-state index in [1.54, 1.807) is 6.08 Å². The third-order valence-electron chi connectivity index (χ3n) is 11.5. The number of hydrogen-bond donors (Lipinski definition) is 2. The number of allylic oxidation sites excluding steroid dienone is 23. The SMILES string of the molecule is CC/C=C\C/C=C\C/C=C\C/C=C\C/C=C\C/C=C\CCCCC(=O)OC(/C=C/CCCCCCCCCCC)C(COP(=O)(O)OCC[N+](C)(C)C)NC(=O)CC/C=C/C/C=C/C/C=C/C/C=C/C/C=C/CC. The molecule has 0 aromatic rings. The molecule has 0 aliphatic rings. The van der Waals surface area contributed by atoms with Gasteiger partial charge in [-0.2, -0.15) is 0 Å². The number of rotatable bonds is 49. The summed E-state index contributed by atoms with van der Waals surface area (Å²) in [6.07, 6.45) is 75.8. The average molecular weight is 1050 g/mol. The lowest BCUT2D eigenvalue weighted by Crippen LogP contribution is -2.47. The molecule has 0 aliphatic heterocycles. The second-order valence-electron chi connectivity index (χ2n) is 19.7. The van der Waals surface area contributed by atoms with Crippen LogP contribution in [-0.2, 0) is 27.9 Å². The first-order valence-electron chi connectivity index (χ1n) is 28.7. The molecule has 0 rings (SSSR count). The zero-order valence-electron chi connectivity index (χ0n) is 47.5. The quantitative estimate of drug-likeness (QED) is 0.0205. The van der Waals surface area contributed by atoms with Gasteiger partial charge in [0.25, 0.3) is 0 Å². The fourth-order valence-corrected chi connectivity index (χ4v) is 7.90. The van der Waals surface area contributed by atoms with Crippen molar-refractivity contribution in [3.05, 3.63) is 146 Å². The van der Waals surface area contributed by atoms with E-state index in [0.717, 1.165) is 103 Å². The van der Waals surface area contributed by atoms with Crippen molar-refractivity contribution >= 4 is 19.7 Å². The van der Waals surface area contributed by atoms with Crippen LogP contribution in [0, 0.1) is 0 Å². The highest BCUT2D eigenvalue weighted by atomic mass is 31.2. The zero-order chi connectivity index (χ0) is 54.3. The molecule has 10 heteroatoms. The Morgan fingerprint density at radius 3 is 1.32 bits per heavy atom. The van der Waals surface area contributed by atoms with Crippen LogP contribution in [0.3, 0.4) is 0 Å². The number of phosphoric acid groups is 1. The second-order valence-corrected chi connectivity index (χ2v) is 21.1. The van der Waals surface area contributed by atoms with Crippen LogP contribution in [0.4, 0.5) is 0 Å². The highest BCUT2D eigenvalue weighted by molar-refractivity contribution is 7.47. The maximum atomic E-state index is 13.5. The molecule has 0 aliphatic carbocycles. The molecule has 1 amide bonds. The van der Waals surface area contributed by atoms with Crippen molar-refractivity contribution in [2.45, 2.75) is 206 Å². The standard InChI is InChI=1S/C64H105N2O7P/c1-7-10-13-16-19-22-25-27-29-31-32-33-34-35-37-39-42-45-48-51-54-57-64(68)73-62(55-52-49-46-43-40-24-21-18-15-12-9-3)61(60-72-74(69,70)71-59-58-66(4,5)6)65-63(67)56-53-50-47-44-41-38-36-30-28-26-23-20-17-14-11-8-2/h10-11,13-14,19-20,22-23,27-30,32-33,35,37-38,41-42,45,47,50,52,55,61-62H,7-9,12,15-18,21,24-26,31,34,36,39-40,43-44,46,48-49,51,53-54,56-60H2,1-6H3,(H-,65,67,69,70)/p+1/b13-10-,14-11+,22-19-,23-20+,29-27-,30-28+,33-32-,37-35-,41-38+,45-42-,50-47+,55-52+. The van der Waals surface area contributed by atoms with Gasteiger partial charge in [0, 0.05) is 12.8 Å². The average Bonchev–Trinajstić information content (AvgIpc) is 3.36. The maximum absolute atomic E-state index is 13.5. The van der Waals surface area contributed by atoms with Crippen molar-refractivity contribution in [1.82, 2.24) is 5.32 Å². The Balaban J connectivity index is 5.50. The van der Waals surface area contributed by atoms with Gasteiger partial charge in [0.05, 0.1) is 33.8 Å². The third-order valence-corrected chi connectivity index (χ3v) is 12.5. The van der Waals surface area contributed by atoms with Crippen LogP contribution in [0.5, 0.6) is 0 Å². The first-order chi connectivity index (χ1) is 35.9. The molecule has 0 saturated heterocycles. The number of esters is 1. The number of nitrogens with zero attached hydrogens (tertiary/aromatic N) is 1. The van der Waals surface area contributed by atoms with E-state index < -0.39 is 25.9 Å². The predicted molar refractivity (Wildman–Crippen MR) is 318 cm³/mol. The van der Waals surface area contributed by atoms with Crippen LogP contribution in [-0.4, -0.2) is 74.3 Å². The van der Waals surface area contributed by atoms with Crippen LogP contribution in [0.25, 0.3) is 0 Å². The number of carbonyl (C=O) groups is 2. The van der Waals surface area contributed by atoms with Gasteiger partial charge in [-0.3, -0.25) is 18.6 Å². The Morgan fingerprint density at radius 1 is 0.486 bits per heavy atom. The minimum Gasteiger partial charge on any atom is -0.456 e. The Morgan fingerprint density at radius 2 is 0.878 bits per heavy atom. The van der Waals surface area contributed by atoms with E-state index in [4.69, 9.17) is 13.8 Å². The summed E-state index contributed by atoms with van der Waals surface area (Å²) in [6, 6.07) is -0.916. The number of ether oxygens (including phenoxy) is 1. The zero-order valence-corrected chi connectivity index (χ0v) is 48.4. The van der Waals surface area contributed by atoms with Crippen molar-refractivity contribution in [1.29, 1.82) is 0 Å². The number of likely N-dealkylation sites (N-methyl/N-ethyl adjacent to an activating group) is 1. The first-order valence-corrected chi connectivity index (χ1v) is 30.2. The van der Waals surface area contributed by atoms with E-state index in [2.05, 4.69) is 148 Å². The summed E-state index contributed by atoms with van der Waals surface area (Å²) < 4.78 is 30.5. The smallest absolute Gasteiger partial charge is 0.456 e. The molecule has 0 heterocycles. The lowest BCUT2D eigenvalue weighted by molar-refractivity contribution is -0.870. The summed E-state index contributed by atoms with van der Waals surface area (Å²) >= 11 is 0. The lowest BCUT2D eigenvalue weighted by atomic mass is 10.1. The minimum absolute atomic E-state index is 0.0111. The molecule has 0 radical (unpaired) electrons. The predicted octanol–water partition coefficient (Wildman–Crippen LogP) is 17.5. The van der Waals surface area contributed by atoms with Gasteiger partial charge in [-0.25, -0.2) is 4.57 Å². The van der Waals surface area contributed by atoms with Crippen molar-refractivity contribution in [2.24, 2.45) is 0 Å². The Kier molecular flexibility index (Phi) is 49.4. The minimum atomic E-state index is -4.48. The van der Waals surface area contributed by atoms with Crippen molar-refractivity contribution in [3.8, 4) is 0 Å². The van der Waals surface area contributed by atoms with Crippen LogP contribution >= 0.6 is 7.82 Å². The number of nitrogens with one attached hydrogen (secondary N) is 1. The summed E-state index contributed by atoms with van der Waals surface area (Å²) in [6.45, 7) is 6.65. The summed E-state index contributed by atoms with van der Waals surface area (Å²) in [5.74, 6) is -0.669. The van der Waals surface area contributed by atoms with E-state index in [-0.39, 0.29) is 32.0 Å². The van der Waals surface area contributed by atoms with E-state index in [0.29, 0.717) is 23.9 Å². The summed E-state index contributed by atoms with van der Waals surface area (Å²) in [7, 11) is 1.40. The van der Waals surface area contributed by atoms with E-state index >= 15 is 0 Å². The van der Waals surface area contributed by atoms with E-state index in [9.17, 15) is 19.0 Å². The van der Waals surface area contributed by atoms with E-state index in [1.807, 2.05) is 39.4 Å². The molecule has 0 aromatic heterocycles. The fourth-order valence-electron chi connectivity index (χ4n) is 7.16. The molecule has 2 N–H and O–H groups in total. The summed E-state index contributed by atoms with van der Waals surface area (Å²) in [5.41, 5.74) is 0. The van der Waals surface area contributed by atoms with Crippen LogP contribution in [0.15, 0.2) is 146 Å². The number of amides is 1. The highest BCUT2D eigenvalue weighted by Crippen LogP contribution is 2.43. The first kappa shape index (κ1) is 69.9. The number of hydrogen-bond acceptors (Lipinski definition) is 6. The van der Waals surface area contributed by atoms with Gasteiger partial charge in [0.15, 0.2) is 0 Å². The largest absolute Gasteiger partial charge is 0.472 e. The van der Waals surface area contributed by atoms with E-state index in [1.165, 1.54) is 44.9 Å². The number of carbonyl (C=O) groups excluding carboxylic acids is 2. The highest BCUT2D eigenvalue weighted by Gasteiger charge is 2.30. The molecule has 3 unspecified atom stereocenters. The lowest BCUT2D eigenvalue weighted by Gasteiger charge is -2.27. The molecule has 0 fully saturated rings. The second kappa shape index (κ2) is 52.3. The Bertz CT molecular complexity index is 1770. The van der Waals surface area contributed by atoms with Crippen LogP contribution < -0.4 is 5.32 Å².